The van der Waals surface area contributed by atoms with Gasteiger partial charge in [-0.2, -0.15) is 4.73 Å². The summed E-state index contributed by atoms with van der Waals surface area (Å²) in [6.07, 6.45) is 4.33. The molecule has 0 saturated heterocycles. The van der Waals surface area contributed by atoms with Gasteiger partial charge in [0.15, 0.2) is 5.49 Å². The fraction of sp³-hybridized carbons (Fsp3) is 0.379. The lowest BCUT2D eigenvalue weighted by Gasteiger charge is -2.17. The van der Waals surface area contributed by atoms with Crippen molar-refractivity contribution in [2.45, 2.75) is 38.5 Å². The number of anilines is 1. The largest absolute Gasteiger partial charge is 0.494 e. The van der Waals surface area contributed by atoms with Gasteiger partial charge in [-0.15, -0.1) is 0 Å². The molecule has 0 aliphatic heterocycles. The first-order valence-corrected chi connectivity index (χ1v) is 12.5. The Morgan fingerprint density at radius 2 is 1.94 bits per heavy atom. The average Bonchev–Trinajstić information content (AvgIpc) is 3.01. The van der Waals surface area contributed by atoms with E-state index in [-0.39, 0.29) is 11.9 Å². The number of aromatic nitrogens is 1. The van der Waals surface area contributed by atoms with Crippen molar-refractivity contribution in [3.8, 4) is 5.75 Å². The first-order chi connectivity index (χ1) is 17.4. The maximum atomic E-state index is 12.3. The average molecular weight is 490 g/mol. The predicted molar refractivity (Wildman–Crippen MR) is 140 cm³/mol. The lowest BCUT2D eigenvalue weighted by atomic mass is 9.89. The van der Waals surface area contributed by atoms with Gasteiger partial charge in [-0.25, -0.2) is 0 Å². The van der Waals surface area contributed by atoms with Crippen LogP contribution in [0.4, 0.5) is 5.69 Å². The first kappa shape index (κ1) is 25.4. The van der Waals surface area contributed by atoms with Crippen LogP contribution in [-0.4, -0.2) is 49.8 Å². The van der Waals surface area contributed by atoms with Gasteiger partial charge in [0.05, 0.1) is 19.6 Å². The molecule has 1 aromatic heterocycles. The lowest BCUT2D eigenvalue weighted by Crippen LogP contribution is -2.21. The molecule has 0 spiro atoms. The van der Waals surface area contributed by atoms with Gasteiger partial charge in [-0.05, 0) is 66.1 Å². The Bertz CT molecular complexity index is 1270. The molecule has 0 bridgehead atoms. The highest BCUT2D eigenvalue weighted by Crippen LogP contribution is 2.35. The van der Waals surface area contributed by atoms with Crippen LogP contribution < -0.4 is 15.1 Å². The highest BCUT2D eigenvalue weighted by atomic mass is 16.5. The number of hydrogen-bond acceptors (Lipinski definition) is 6. The molecule has 190 valence electrons. The molecule has 7 heteroatoms. The van der Waals surface area contributed by atoms with E-state index < -0.39 is 0 Å². The molecule has 7 nitrogen and oxygen atoms in total. The SMILES string of the molecule is CCOC(=O)C[C@@H]1Cc2ccc(OCCCN=c3cc(N(C)C)ccn3O)cc2Cc2ccccc21. The number of fused-ring (bicyclic) bond motifs is 2. The van der Waals surface area contributed by atoms with E-state index >= 15 is 0 Å². The number of carbonyl (C=O) groups excluding carboxylic acids is 1. The maximum Gasteiger partial charge on any atom is 0.306 e. The maximum absolute atomic E-state index is 12.3. The minimum absolute atomic E-state index is 0.107. The Morgan fingerprint density at radius 3 is 2.75 bits per heavy atom. The van der Waals surface area contributed by atoms with Gasteiger partial charge in [0.25, 0.3) is 0 Å². The van der Waals surface area contributed by atoms with Crippen molar-refractivity contribution in [3.05, 3.63) is 88.5 Å². The molecule has 1 aliphatic rings. The molecular weight excluding hydrogens is 454 g/mol. The van der Waals surface area contributed by atoms with Crippen molar-refractivity contribution < 1.29 is 19.5 Å². The third-order valence-electron chi connectivity index (χ3n) is 6.50. The summed E-state index contributed by atoms with van der Waals surface area (Å²) < 4.78 is 12.3. The summed E-state index contributed by atoms with van der Waals surface area (Å²) in [5, 5.41) is 10.00. The number of esters is 1. The van der Waals surface area contributed by atoms with E-state index in [1.165, 1.54) is 22.3 Å². The van der Waals surface area contributed by atoms with Crippen molar-refractivity contribution in [3.63, 3.8) is 0 Å². The zero-order valence-electron chi connectivity index (χ0n) is 21.3. The zero-order valence-corrected chi connectivity index (χ0v) is 21.3. The zero-order chi connectivity index (χ0) is 25.5. The Labute approximate surface area is 212 Å². The Balaban J connectivity index is 1.41. The van der Waals surface area contributed by atoms with Gasteiger partial charge < -0.3 is 19.6 Å². The molecule has 1 N–H and O–H groups in total. The molecular formula is C29H35N3O4. The van der Waals surface area contributed by atoms with E-state index in [9.17, 15) is 10.0 Å². The molecule has 1 aliphatic carbocycles. The summed E-state index contributed by atoms with van der Waals surface area (Å²) in [7, 11) is 3.91. The molecule has 0 unspecified atom stereocenters. The highest BCUT2D eigenvalue weighted by molar-refractivity contribution is 5.71. The predicted octanol–water partition coefficient (Wildman–Crippen LogP) is 4.34. The van der Waals surface area contributed by atoms with Crippen LogP contribution in [0.1, 0.15) is 47.9 Å². The summed E-state index contributed by atoms with van der Waals surface area (Å²) >= 11 is 0. The Kier molecular flexibility index (Phi) is 8.31. The summed E-state index contributed by atoms with van der Waals surface area (Å²) in [4.78, 5) is 18.7. The minimum Gasteiger partial charge on any atom is -0.494 e. The van der Waals surface area contributed by atoms with Crippen molar-refractivity contribution in [1.29, 1.82) is 0 Å². The minimum atomic E-state index is -0.147. The second kappa shape index (κ2) is 11.8. The molecule has 0 saturated carbocycles. The third kappa shape index (κ3) is 6.27. The first-order valence-electron chi connectivity index (χ1n) is 12.5. The second-order valence-corrected chi connectivity index (χ2v) is 9.28. The van der Waals surface area contributed by atoms with Crippen LogP contribution >= 0.6 is 0 Å². The monoisotopic (exact) mass is 489 g/mol. The molecule has 1 heterocycles. The van der Waals surface area contributed by atoms with Crippen LogP contribution in [0.15, 0.2) is 65.8 Å². The van der Waals surface area contributed by atoms with E-state index in [0.717, 1.165) is 35.4 Å². The van der Waals surface area contributed by atoms with Gasteiger partial charge in [0.1, 0.15) is 5.75 Å². The molecule has 36 heavy (non-hydrogen) atoms. The van der Waals surface area contributed by atoms with E-state index in [1.54, 1.807) is 6.20 Å². The number of pyridine rings is 1. The summed E-state index contributed by atoms with van der Waals surface area (Å²) in [6.45, 7) is 3.32. The molecule has 2 aromatic carbocycles. The van der Waals surface area contributed by atoms with Gasteiger partial charge in [0, 0.05) is 45.0 Å². The molecule has 0 radical (unpaired) electrons. The number of carbonyl (C=O) groups is 1. The molecule has 0 fully saturated rings. The van der Waals surface area contributed by atoms with Gasteiger partial charge in [0.2, 0.25) is 0 Å². The number of benzene rings is 2. The van der Waals surface area contributed by atoms with E-state index in [1.807, 2.05) is 50.2 Å². The van der Waals surface area contributed by atoms with Crippen LogP contribution in [0.3, 0.4) is 0 Å². The summed E-state index contributed by atoms with van der Waals surface area (Å²) in [5.74, 6) is 0.795. The smallest absolute Gasteiger partial charge is 0.306 e. The van der Waals surface area contributed by atoms with Gasteiger partial charge in [-0.3, -0.25) is 9.79 Å². The fourth-order valence-corrected chi connectivity index (χ4v) is 4.65. The van der Waals surface area contributed by atoms with Crippen LogP contribution in [0.25, 0.3) is 0 Å². The van der Waals surface area contributed by atoms with Gasteiger partial charge >= 0.3 is 5.97 Å². The van der Waals surface area contributed by atoms with Crippen molar-refractivity contribution >= 4 is 11.7 Å². The number of hydrogen-bond donors (Lipinski definition) is 1. The van der Waals surface area contributed by atoms with Crippen molar-refractivity contribution in [1.82, 2.24) is 4.73 Å². The molecule has 4 rings (SSSR count). The number of ether oxygens (including phenoxy) is 2. The van der Waals surface area contributed by atoms with Crippen LogP contribution in [0.2, 0.25) is 0 Å². The van der Waals surface area contributed by atoms with Crippen LogP contribution in [0, 0.1) is 0 Å². The van der Waals surface area contributed by atoms with Crippen LogP contribution in [-0.2, 0) is 22.4 Å². The molecule has 3 aromatic rings. The van der Waals surface area contributed by atoms with Crippen molar-refractivity contribution in [2.75, 3.05) is 38.8 Å². The molecule has 1 atom stereocenters. The standard InChI is InChI=1S/C29H35N3O4/c1-4-35-29(33)19-24-16-21-10-11-26(18-23(21)17-22-8-5-6-9-27(22)24)36-15-7-13-30-28-20-25(31(2)3)12-14-32(28)34/h5-6,8-12,14,18,20,24,34H,4,7,13,15-17,19H2,1-3H3/t24-/m0/s1. The van der Waals surface area contributed by atoms with E-state index in [4.69, 9.17) is 9.47 Å². The number of nitrogens with zero attached hydrogens (tertiary/aromatic N) is 3. The second-order valence-electron chi connectivity index (χ2n) is 9.28. The highest BCUT2D eigenvalue weighted by Gasteiger charge is 2.24. The summed E-state index contributed by atoms with van der Waals surface area (Å²) in [6, 6.07) is 18.3. The van der Waals surface area contributed by atoms with Crippen molar-refractivity contribution in [2.24, 2.45) is 4.99 Å². The van der Waals surface area contributed by atoms with E-state index in [2.05, 4.69) is 35.3 Å². The van der Waals surface area contributed by atoms with E-state index in [0.29, 0.717) is 31.7 Å². The third-order valence-corrected chi connectivity index (χ3v) is 6.50. The number of rotatable bonds is 9. The van der Waals surface area contributed by atoms with Gasteiger partial charge in [-0.1, -0.05) is 30.3 Å². The quantitative estimate of drug-likeness (QED) is 0.275. The van der Waals surface area contributed by atoms with Crippen LogP contribution in [0.5, 0.6) is 5.75 Å². The fourth-order valence-electron chi connectivity index (χ4n) is 4.65. The summed E-state index contributed by atoms with van der Waals surface area (Å²) in [5.41, 5.74) is 6.45. The molecule has 0 amide bonds. The normalized spacial score (nSPS) is 15.0. The Hall–Kier alpha value is -3.74. The Morgan fingerprint density at radius 1 is 1.11 bits per heavy atom. The topological polar surface area (TPSA) is 76.3 Å². The lowest BCUT2D eigenvalue weighted by molar-refractivity contribution is -0.143.